The van der Waals surface area contributed by atoms with Crippen molar-refractivity contribution < 1.29 is 14.3 Å². The first-order chi connectivity index (χ1) is 10.5. The highest BCUT2D eigenvalue weighted by Gasteiger charge is 2.33. The first kappa shape index (κ1) is 14.9. The summed E-state index contributed by atoms with van der Waals surface area (Å²) in [6.07, 6.45) is 0.353. The van der Waals surface area contributed by atoms with Crippen molar-refractivity contribution in [2.24, 2.45) is 0 Å². The standard InChI is InChI=1S/C17H15ClFNO2/c1-9-3-2-4-10(5-9)12-8-15(17(21)22)20-16-13(12)6-11(19)7-14(16)18/h2-7,12,15,20H,8H2,1H3,(H,21,22). The molecular weight excluding hydrogens is 305 g/mol. The molecule has 1 aliphatic rings. The van der Waals surface area contributed by atoms with Gasteiger partial charge in [0.25, 0.3) is 0 Å². The van der Waals surface area contributed by atoms with Crippen LogP contribution in [0.2, 0.25) is 5.02 Å². The number of hydrogen-bond acceptors (Lipinski definition) is 2. The molecule has 2 aromatic rings. The molecule has 2 aromatic carbocycles. The van der Waals surface area contributed by atoms with Gasteiger partial charge in [-0.1, -0.05) is 41.4 Å². The Morgan fingerprint density at radius 2 is 2.14 bits per heavy atom. The number of rotatable bonds is 2. The van der Waals surface area contributed by atoms with Gasteiger partial charge in [-0.3, -0.25) is 0 Å². The van der Waals surface area contributed by atoms with E-state index in [9.17, 15) is 14.3 Å². The number of aliphatic carboxylic acids is 1. The van der Waals surface area contributed by atoms with Gasteiger partial charge in [-0.25, -0.2) is 9.18 Å². The molecule has 2 atom stereocenters. The number of nitrogens with one attached hydrogen (secondary N) is 1. The van der Waals surface area contributed by atoms with Crippen molar-refractivity contribution in [3.63, 3.8) is 0 Å². The molecule has 3 nitrogen and oxygen atoms in total. The van der Waals surface area contributed by atoms with E-state index in [1.165, 1.54) is 12.1 Å². The van der Waals surface area contributed by atoms with Gasteiger partial charge in [0.15, 0.2) is 0 Å². The molecule has 0 aliphatic carbocycles. The van der Waals surface area contributed by atoms with Gasteiger partial charge in [0, 0.05) is 5.92 Å². The lowest BCUT2D eigenvalue weighted by atomic mass is 9.81. The first-order valence-electron chi connectivity index (χ1n) is 7.00. The van der Waals surface area contributed by atoms with E-state index in [-0.39, 0.29) is 10.9 Å². The van der Waals surface area contributed by atoms with Crippen LogP contribution in [0, 0.1) is 12.7 Å². The maximum Gasteiger partial charge on any atom is 0.326 e. The van der Waals surface area contributed by atoms with Crippen LogP contribution in [0.25, 0.3) is 0 Å². The lowest BCUT2D eigenvalue weighted by molar-refractivity contribution is -0.138. The summed E-state index contributed by atoms with van der Waals surface area (Å²) in [4.78, 5) is 11.4. The molecule has 0 saturated carbocycles. The third kappa shape index (κ3) is 2.66. The van der Waals surface area contributed by atoms with Crippen molar-refractivity contribution in [3.05, 3.63) is 63.9 Å². The highest BCUT2D eigenvalue weighted by molar-refractivity contribution is 6.33. The number of benzene rings is 2. The number of aryl methyl sites for hydroxylation is 1. The Morgan fingerprint density at radius 3 is 2.82 bits per heavy atom. The molecule has 22 heavy (non-hydrogen) atoms. The smallest absolute Gasteiger partial charge is 0.326 e. The maximum atomic E-state index is 13.8. The van der Waals surface area contributed by atoms with E-state index < -0.39 is 17.8 Å². The molecule has 0 radical (unpaired) electrons. The van der Waals surface area contributed by atoms with Crippen LogP contribution >= 0.6 is 11.6 Å². The Morgan fingerprint density at radius 1 is 1.36 bits per heavy atom. The van der Waals surface area contributed by atoms with Gasteiger partial charge in [-0.2, -0.15) is 0 Å². The molecule has 1 aliphatic heterocycles. The van der Waals surface area contributed by atoms with Gasteiger partial charge < -0.3 is 10.4 Å². The molecule has 114 valence electrons. The molecule has 3 rings (SSSR count). The Balaban J connectivity index is 2.15. The Bertz CT molecular complexity index is 747. The molecular formula is C17H15ClFNO2. The van der Waals surface area contributed by atoms with Crippen molar-refractivity contribution in [1.29, 1.82) is 0 Å². The van der Waals surface area contributed by atoms with Gasteiger partial charge in [0.05, 0.1) is 10.7 Å². The molecule has 1 heterocycles. The second-order valence-corrected chi connectivity index (χ2v) is 6.00. The third-order valence-corrected chi connectivity index (χ3v) is 4.29. The zero-order chi connectivity index (χ0) is 15.9. The quantitative estimate of drug-likeness (QED) is 0.872. The van der Waals surface area contributed by atoms with Crippen LogP contribution in [0.4, 0.5) is 10.1 Å². The zero-order valence-corrected chi connectivity index (χ0v) is 12.7. The molecule has 0 saturated heterocycles. The van der Waals surface area contributed by atoms with E-state index in [4.69, 9.17) is 11.6 Å². The van der Waals surface area contributed by atoms with Crippen molar-refractivity contribution in [2.75, 3.05) is 5.32 Å². The highest BCUT2D eigenvalue weighted by Crippen LogP contribution is 2.42. The minimum atomic E-state index is -0.941. The monoisotopic (exact) mass is 319 g/mol. The fourth-order valence-electron chi connectivity index (χ4n) is 2.98. The summed E-state index contributed by atoms with van der Waals surface area (Å²) in [5.41, 5.74) is 3.25. The normalized spacial score (nSPS) is 20.1. The van der Waals surface area contributed by atoms with Gasteiger partial charge in [0.1, 0.15) is 11.9 Å². The number of carboxylic acid groups (broad SMARTS) is 1. The van der Waals surface area contributed by atoms with Gasteiger partial charge in [0.2, 0.25) is 0 Å². The molecule has 2 N–H and O–H groups in total. The Labute approximate surface area is 132 Å². The number of anilines is 1. The minimum Gasteiger partial charge on any atom is -0.480 e. The SMILES string of the molecule is Cc1cccc(C2CC(C(=O)O)Nc3c(Cl)cc(F)cc32)c1. The molecule has 0 fully saturated rings. The molecule has 2 unspecified atom stereocenters. The topological polar surface area (TPSA) is 49.3 Å². The van der Waals surface area contributed by atoms with E-state index in [1.54, 1.807) is 0 Å². The minimum absolute atomic E-state index is 0.203. The van der Waals surface area contributed by atoms with E-state index in [1.807, 2.05) is 31.2 Å². The van der Waals surface area contributed by atoms with Crippen LogP contribution in [0.3, 0.4) is 0 Å². The Hall–Kier alpha value is -2.07. The van der Waals surface area contributed by atoms with Crippen molar-refractivity contribution in [2.45, 2.75) is 25.3 Å². The predicted molar refractivity (Wildman–Crippen MR) is 84.1 cm³/mol. The number of halogens is 2. The summed E-state index contributed by atoms with van der Waals surface area (Å²) in [5.74, 6) is -1.56. The van der Waals surface area contributed by atoms with Crippen molar-refractivity contribution in [1.82, 2.24) is 0 Å². The van der Waals surface area contributed by atoms with Gasteiger partial charge >= 0.3 is 5.97 Å². The second kappa shape index (κ2) is 5.61. The molecule has 5 heteroatoms. The lowest BCUT2D eigenvalue weighted by Gasteiger charge is -2.32. The fourth-order valence-corrected chi connectivity index (χ4v) is 3.25. The van der Waals surface area contributed by atoms with Gasteiger partial charge in [-0.05, 0) is 36.6 Å². The molecule has 0 spiro atoms. The van der Waals surface area contributed by atoms with Crippen LogP contribution in [0.5, 0.6) is 0 Å². The third-order valence-electron chi connectivity index (χ3n) is 3.99. The molecule has 0 amide bonds. The summed E-state index contributed by atoms with van der Waals surface area (Å²) in [6.45, 7) is 1.97. The average molecular weight is 320 g/mol. The summed E-state index contributed by atoms with van der Waals surface area (Å²) in [6, 6.07) is 9.70. The highest BCUT2D eigenvalue weighted by atomic mass is 35.5. The van der Waals surface area contributed by atoms with E-state index in [0.717, 1.165) is 11.1 Å². The fraction of sp³-hybridized carbons (Fsp3) is 0.235. The number of carboxylic acids is 1. The van der Waals surface area contributed by atoms with Crippen LogP contribution in [0.15, 0.2) is 36.4 Å². The summed E-state index contributed by atoms with van der Waals surface area (Å²) in [5, 5.41) is 12.5. The van der Waals surface area contributed by atoms with E-state index >= 15 is 0 Å². The number of hydrogen-bond donors (Lipinski definition) is 2. The largest absolute Gasteiger partial charge is 0.480 e. The van der Waals surface area contributed by atoms with Crippen LogP contribution in [0.1, 0.15) is 29.0 Å². The van der Waals surface area contributed by atoms with Crippen LogP contribution < -0.4 is 5.32 Å². The molecule has 0 bridgehead atoms. The van der Waals surface area contributed by atoms with Crippen LogP contribution in [-0.4, -0.2) is 17.1 Å². The summed E-state index contributed by atoms with van der Waals surface area (Å²) in [7, 11) is 0. The maximum absolute atomic E-state index is 13.8. The zero-order valence-electron chi connectivity index (χ0n) is 11.9. The van der Waals surface area contributed by atoms with Gasteiger partial charge in [-0.15, -0.1) is 0 Å². The summed E-state index contributed by atoms with van der Waals surface area (Å²) >= 11 is 6.11. The second-order valence-electron chi connectivity index (χ2n) is 5.59. The van der Waals surface area contributed by atoms with Crippen molar-refractivity contribution in [3.8, 4) is 0 Å². The molecule has 0 aromatic heterocycles. The van der Waals surface area contributed by atoms with E-state index in [2.05, 4.69) is 5.32 Å². The average Bonchev–Trinajstić information content (AvgIpc) is 2.46. The number of carbonyl (C=O) groups is 1. The number of fused-ring (bicyclic) bond motifs is 1. The van der Waals surface area contributed by atoms with E-state index in [0.29, 0.717) is 17.7 Å². The predicted octanol–water partition coefficient (Wildman–Crippen LogP) is 4.19. The van der Waals surface area contributed by atoms with Crippen molar-refractivity contribution >= 4 is 23.3 Å². The lowest BCUT2D eigenvalue weighted by Crippen LogP contribution is -2.35. The first-order valence-corrected chi connectivity index (χ1v) is 7.38. The Kier molecular flexibility index (Phi) is 3.79. The van der Waals surface area contributed by atoms with Crippen LogP contribution in [-0.2, 0) is 4.79 Å². The summed E-state index contributed by atoms with van der Waals surface area (Å²) < 4.78 is 13.8.